The zero-order chi connectivity index (χ0) is 13.5. The SMILES string of the molecule is CCN(CC)CCNC(CN)c1cc(Br)c(C)s1. The van der Waals surface area contributed by atoms with Crippen molar-refractivity contribution in [2.24, 2.45) is 5.73 Å². The van der Waals surface area contributed by atoms with Gasteiger partial charge in [0.05, 0.1) is 6.04 Å². The Balaban J connectivity index is 2.47. The Labute approximate surface area is 123 Å². The van der Waals surface area contributed by atoms with E-state index in [-0.39, 0.29) is 6.04 Å². The lowest BCUT2D eigenvalue weighted by molar-refractivity contribution is 0.297. The van der Waals surface area contributed by atoms with Crippen molar-refractivity contribution in [2.45, 2.75) is 26.8 Å². The smallest absolute Gasteiger partial charge is 0.0540 e. The van der Waals surface area contributed by atoms with Crippen LogP contribution in [0.15, 0.2) is 10.5 Å². The molecule has 0 amide bonds. The molecule has 0 aliphatic rings. The van der Waals surface area contributed by atoms with Gasteiger partial charge >= 0.3 is 0 Å². The highest BCUT2D eigenvalue weighted by atomic mass is 79.9. The highest BCUT2D eigenvalue weighted by molar-refractivity contribution is 9.10. The van der Waals surface area contributed by atoms with Crippen molar-refractivity contribution in [3.63, 3.8) is 0 Å². The van der Waals surface area contributed by atoms with Gasteiger partial charge in [0.1, 0.15) is 0 Å². The molecule has 0 saturated carbocycles. The summed E-state index contributed by atoms with van der Waals surface area (Å²) in [7, 11) is 0. The summed E-state index contributed by atoms with van der Waals surface area (Å²) in [5, 5.41) is 3.55. The van der Waals surface area contributed by atoms with Crippen molar-refractivity contribution in [1.29, 1.82) is 0 Å². The van der Waals surface area contributed by atoms with Gasteiger partial charge in [0.25, 0.3) is 0 Å². The fourth-order valence-electron chi connectivity index (χ4n) is 1.89. The van der Waals surface area contributed by atoms with E-state index in [1.807, 2.05) is 11.3 Å². The van der Waals surface area contributed by atoms with Gasteiger partial charge in [-0.2, -0.15) is 0 Å². The molecule has 1 atom stereocenters. The standard InChI is InChI=1S/C13H24BrN3S/c1-4-17(5-2)7-6-16-12(9-15)13-8-11(14)10(3)18-13/h8,12,16H,4-7,9,15H2,1-3H3. The lowest BCUT2D eigenvalue weighted by Gasteiger charge is -2.21. The Bertz CT molecular complexity index is 331. The molecule has 3 N–H and O–H groups in total. The molecular weight excluding hydrogens is 310 g/mol. The molecule has 0 aromatic carbocycles. The Kier molecular flexibility index (Phi) is 7.41. The summed E-state index contributed by atoms with van der Waals surface area (Å²) in [5.41, 5.74) is 5.86. The molecule has 0 bridgehead atoms. The third-order valence-electron chi connectivity index (χ3n) is 3.17. The first kappa shape index (κ1) is 16.1. The zero-order valence-corrected chi connectivity index (χ0v) is 13.9. The van der Waals surface area contributed by atoms with Crippen LogP contribution in [0.2, 0.25) is 0 Å². The normalized spacial score (nSPS) is 13.2. The highest BCUT2D eigenvalue weighted by Gasteiger charge is 2.13. The van der Waals surface area contributed by atoms with Crippen LogP contribution in [0.4, 0.5) is 0 Å². The van der Waals surface area contributed by atoms with Crippen molar-refractivity contribution in [1.82, 2.24) is 10.2 Å². The Hall–Kier alpha value is 0.0600. The summed E-state index contributed by atoms with van der Waals surface area (Å²) in [5.74, 6) is 0. The van der Waals surface area contributed by atoms with E-state index in [4.69, 9.17) is 5.73 Å². The fraction of sp³-hybridized carbons (Fsp3) is 0.692. The number of halogens is 1. The monoisotopic (exact) mass is 333 g/mol. The average molecular weight is 334 g/mol. The van der Waals surface area contributed by atoms with Crippen molar-refractivity contribution in [3.8, 4) is 0 Å². The average Bonchev–Trinajstić information content (AvgIpc) is 2.70. The van der Waals surface area contributed by atoms with Crippen LogP contribution < -0.4 is 11.1 Å². The van der Waals surface area contributed by atoms with Crippen LogP contribution in [0, 0.1) is 6.92 Å². The molecule has 0 saturated heterocycles. The number of rotatable bonds is 8. The molecule has 1 heterocycles. The maximum atomic E-state index is 5.86. The van der Waals surface area contributed by atoms with Gasteiger partial charge in [0.15, 0.2) is 0 Å². The fourth-order valence-corrected chi connectivity index (χ4v) is 3.54. The number of aryl methyl sites for hydroxylation is 1. The van der Waals surface area contributed by atoms with Crippen LogP contribution in [0.25, 0.3) is 0 Å². The lowest BCUT2D eigenvalue weighted by atomic mass is 10.2. The van der Waals surface area contributed by atoms with Gasteiger partial charge in [-0.1, -0.05) is 13.8 Å². The van der Waals surface area contributed by atoms with E-state index >= 15 is 0 Å². The van der Waals surface area contributed by atoms with Gasteiger partial charge in [0, 0.05) is 33.9 Å². The molecule has 0 aliphatic heterocycles. The minimum absolute atomic E-state index is 0.274. The second-order valence-corrected chi connectivity index (χ2v) is 6.46. The van der Waals surface area contributed by atoms with E-state index in [9.17, 15) is 0 Å². The molecule has 0 aliphatic carbocycles. The third kappa shape index (κ3) is 4.63. The minimum atomic E-state index is 0.274. The van der Waals surface area contributed by atoms with Crippen molar-refractivity contribution < 1.29 is 0 Å². The van der Waals surface area contributed by atoms with Crippen LogP contribution in [0.1, 0.15) is 29.6 Å². The summed E-state index contributed by atoms with van der Waals surface area (Å²) >= 11 is 5.38. The molecule has 0 spiro atoms. The largest absolute Gasteiger partial charge is 0.329 e. The van der Waals surface area contributed by atoms with E-state index in [0.717, 1.165) is 26.2 Å². The van der Waals surface area contributed by atoms with Crippen LogP contribution >= 0.6 is 27.3 Å². The van der Waals surface area contributed by atoms with Gasteiger partial charge in [-0.15, -0.1) is 11.3 Å². The summed E-state index contributed by atoms with van der Waals surface area (Å²) < 4.78 is 1.19. The van der Waals surface area contributed by atoms with Crippen molar-refractivity contribution in [3.05, 3.63) is 20.3 Å². The van der Waals surface area contributed by atoms with Crippen molar-refractivity contribution >= 4 is 27.3 Å². The topological polar surface area (TPSA) is 41.3 Å². The molecule has 5 heteroatoms. The molecule has 1 aromatic heterocycles. The van der Waals surface area contributed by atoms with E-state index in [1.165, 1.54) is 14.2 Å². The van der Waals surface area contributed by atoms with Crippen LogP contribution in [0.3, 0.4) is 0 Å². The first-order valence-electron chi connectivity index (χ1n) is 6.53. The summed E-state index contributed by atoms with van der Waals surface area (Å²) in [6.07, 6.45) is 0. The third-order valence-corrected chi connectivity index (χ3v) is 5.42. The molecular formula is C13H24BrN3S. The molecule has 18 heavy (non-hydrogen) atoms. The number of hydrogen-bond acceptors (Lipinski definition) is 4. The first-order valence-corrected chi connectivity index (χ1v) is 8.14. The lowest BCUT2D eigenvalue weighted by Crippen LogP contribution is -2.35. The first-order chi connectivity index (χ1) is 8.62. The quantitative estimate of drug-likeness (QED) is 0.768. The van der Waals surface area contributed by atoms with E-state index in [2.05, 4.69) is 53.0 Å². The number of likely N-dealkylation sites (N-methyl/N-ethyl adjacent to an activating group) is 1. The van der Waals surface area contributed by atoms with Gasteiger partial charge in [0.2, 0.25) is 0 Å². The van der Waals surface area contributed by atoms with Gasteiger partial charge in [-0.05, 0) is 42.0 Å². The summed E-state index contributed by atoms with van der Waals surface area (Å²) in [6, 6.07) is 2.46. The molecule has 104 valence electrons. The summed E-state index contributed by atoms with van der Waals surface area (Å²) in [4.78, 5) is 5.05. The van der Waals surface area contributed by atoms with E-state index < -0.39 is 0 Å². The number of nitrogens with zero attached hydrogens (tertiary/aromatic N) is 1. The predicted octanol–water partition coefficient (Wildman–Crippen LogP) is 2.75. The minimum Gasteiger partial charge on any atom is -0.329 e. The number of nitrogens with two attached hydrogens (primary N) is 1. The zero-order valence-electron chi connectivity index (χ0n) is 11.5. The second kappa shape index (κ2) is 8.27. The van der Waals surface area contributed by atoms with E-state index in [0.29, 0.717) is 6.54 Å². The maximum absolute atomic E-state index is 5.86. The van der Waals surface area contributed by atoms with Crippen LogP contribution in [-0.4, -0.2) is 37.6 Å². The van der Waals surface area contributed by atoms with Gasteiger partial charge < -0.3 is 16.0 Å². The highest BCUT2D eigenvalue weighted by Crippen LogP contribution is 2.30. The predicted molar refractivity (Wildman–Crippen MR) is 84.3 cm³/mol. The Morgan fingerprint density at radius 3 is 2.56 bits per heavy atom. The molecule has 1 unspecified atom stereocenters. The number of thiophene rings is 1. The summed E-state index contributed by atoms with van der Waals surface area (Å²) in [6.45, 7) is 11.4. The van der Waals surface area contributed by atoms with E-state index in [1.54, 1.807) is 0 Å². The second-order valence-electron chi connectivity index (χ2n) is 4.32. The van der Waals surface area contributed by atoms with Gasteiger partial charge in [-0.25, -0.2) is 0 Å². The van der Waals surface area contributed by atoms with Gasteiger partial charge in [-0.3, -0.25) is 0 Å². The Morgan fingerprint density at radius 2 is 2.11 bits per heavy atom. The molecule has 3 nitrogen and oxygen atoms in total. The van der Waals surface area contributed by atoms with Crippen LogP contribution in [-0.2, 0) is 0 Å². The van der Waals surface area contributed by atoms with Crippen molar-refractivity contribution in [2.75, 3.05) is 32.7 Å². The molecule has 1 aromatic rings. The number of hydrogen-bond donors (Lipinski definition) is 2. The Morgan fingerprint density at radius 1 is 1.44 bits per heavy atom. The molecule has 1 rings (SSSR count). The van der Waals surface area contributed by atoms with Crippen LogP contribution in [0.5, 0.6) is 0 Å². The molecule has 0 fully saturated rings. The number of nitrogens with one attached hydrogen (secondary N) is 1. The maximum Gasteiger partial charge on any atom is 0.0540 e. The molecule has 0 radical (unpaired) electrons.